The van der Waals surface area contributed by atoms with Gasteiger partial charge in [-0.3, -0.25) is 4.68 Å². The fourth-order valence-electron chi connectivity index (χ4n) is 2.05. The Kier molecular flexibility index (Phi) is 2.45. The van der Waals surface area contributed by atoms with Crippen LogP contribution in [-0.2, 0) is 6.54 Å². The second kappa shape index (κ2) is 3.74. The van der Waals surface area contributed by atoms with Crippen LogP contribution in [0.2, 0.25) is 0 Å². The summed E-state index contributed by atoms with van der Waals surface area (Å²) in [6.45, 7) is 1.11. The zero-order valence-electron chi connectivity index (χ0n) is 7.45. The minimum Gasteiger partial charge on any atom is -0.273 e. The van der Waals surface area contributed by atoms with Gasteiger partial charge in [-0.15, -0.1) is 0 Å². The van der Waals surface area contributed by atoms with E-state index in [4.69, 9.17) is 0 Å². The van der Waals surface area contributed by atoms with Gasteiger partial charge in [-0.25, -0.2) is 0 Å². The Bertz CT molecular complexity index is 210. The monoisotopic (exact) mass is 164 g/mol. The lowest BCUT2D eigenvalue weighted by molar-refractivity contribution is 0.439. The highest BCUT2D eigenvalue weighted by molar-refractivity contribution is 4.78. The molecule has 0 amide bonds. The molecular formula is C10H16N2. The molecular weight excluding hydrogens is 148 g/mol. The summed E-state index contributed by atoms with van der Waals surface area (Å²) in [4.78, 5) is 0. The fourth-order valence-corrected chi connectivity index (χ4v) is 2.05. The first-order chi connectivity index (χ1) is 5.95. The van der Waals surface area contributed by atoms with Crippen LogP contribution in [0.5, 0.6) is 0 Å². The van der Waals surface area contributed by atoms with Crippen molar-refractivity contribution in [3.05, 3.63) is 18.5 Å². The molecule has 0 N–H and O–H groups in total. The lowest BCUT2D eigenvalue weighted by Crippen LogP contribution is -2.03. The minimum atomic E-state index is 0.981. The first kappa shape index (κ1) is 7.84. The van der Waals surface area contributed by atoms with Crippen LogP contribution in [0.3, 0.4) is 0 Å². The van der Waals surface area contributed by atoms with Gasteiger partial charge in [0.2, 0.25) is 0 Å². The molecule has 0 radical (unpaired) electrons. The van der Waals surface area contributed by atoms with Crippen molar-refractivity contribution < 1.29 is 0 Å². The number of aromatic nitrogens is 2. The Morgan fingerprint density at radius 1 is 1.33 bits per heavy atom. The molecule has 0 unspecified atom stereocenters. The van der Waals surface area contributed by atoms with Gasteiger partial charge in [-0.05, 0) is 18.4 Å². The van der Waals surface area contributed by atoms with E-state index in [1.807, 2.05) is 16.9 Å². The van der Waals surface area contributed by atoms with Crippen LogP contribution in [0, 0.1) is 5.92 Å². The van der Waals surface area contributed by atoms with E-state index in [9.17, 15) is 0 Å². The summed E-state index contributed by atoms with van der Waals surface area (Å²) in [6, 6.07) is 1.99. The van der Waals surface area contributed by atoms with Crippen LogP contribution >= 0.6 is 0 Å². The zero-order chi connectivity index (χ0) is 8.23. The van der Waals surface area contributed by atoms with E-state index < -0.39 is 0 Å². The third-order valence-electron chi connectivity index (χ3n) is 2.80. The highest BCUT2D eigenvalue weighted by Gasteiger charge is 2.14. The molecule has 1 fully saturated rings. The van der Waals surface area contributed by atoms with Crippen molar-refractivity contribution in [1.82, 2.24) is 9.78 Å². The molecule has 2 heteroatoms. The number of nitrogens with zero attached hydrogens (tertiary/aromatic N) is 2. The molecule has 0 spiro atoms. The number of rotatable bonds is 3. The quantitative estimate of drug-likeness (QED) is 0.671. The minimum absolute atomic E-state index is 0.981. The van der Waals surface area contributed by atoms with Gasteiger partial charge in [0.25, 0.3) is 0 Å². The Hall–Kier alpha value is -0.790. The molecule has 66 valence electrons. The lowest BCUT2D eigenvalue weighted by Gasteiger charge is -2.07. The second-order valence-corrected chi connectivity index (χ2v) is 3.71. The molecule has 0 saturated heterocycles. The molecule has 1 aromatic heterocycles. The molecule has 1 aliphatic rings. The number of hydrogen-bond acceptors (Lipinski definition) is 1. The van der Waals surface area contributed by atoms with Crippen LogP contribution in [-0.4, -0.2) is 9.78 Å². The van der Waals surface area contributed by atoms with E-state index in [1.54, 1.807) is 0 Å². The molecule has 0 bridgehead atoms. The molecule has 0 aromatic carbocycles. The van der Waals surface area contributed by atoms with Gasteiger partial charge < -0.3 is 0 Å². The maximum Gasteiger partial charge on any atom is 0.0489 e. The third kappa shape index (κ3) is 1.87. The summed E-state index contributed by atoms with van der Waals surface area (Å²) < 4.78 is 2.04. The van der Waals surface area contributed by atoms with Crippen molar-refractivity contribution in [2.45, 2.75) is 38.6 Å². The fraction of sp³-hybridized carbons (Fsp3) is 0.700. The predicted molar refractivity (Wildman–Crippen MR) is 48.8 cm³/mol. The van der Waals surface area contributed by atoms with Crippen molar-refractivity contribution in [3.63, 3.8) is 0 Å². The highest BCUT2D eigenvalue weighted by Crippen LogP contribution is 2.27. The Labute approximate surface area is 73.6 Å². The lowest BCUT2D eigenvalue weighted by atomic mass is 10.0. The first-order valence-electron chi connectivity index (χ1n) is 4.92. The van der Waals surface area contributed by atoms with E-state index >= 15 is 0 Å². The highest BCUT2D eigenvalue weighted by atomic mass is 15.3. The second-order valence-electron chi connectivity index (χ2n) is 3.71. The number of hydrogen-bond donors (Lipinski definition) is 0. The maximum atomic E-state index is 4.19. The molecule has 1 saturated carbocycles. The average molecular weight is 164 g/mol. The summed E-state index contributed by atoms with van der Waals surface area (Å²) in [5.74, 6) is 0.981. The molecule has 1 aromatic rings. The van der Waals surface area contributed by atoms with E-state index in [-0.39, 0.29) is 0 Å². The molecule has 0 aliphatic heterocycles. The largest absolute Gasteiger partial charge is 0.273 e. The summed E-state index contributed by atoms with van der Waals surface area (Å²) in [7, 11) is 0. The van der Waals surface area contributed by atoms with Crippen LogP contribution in [0.25, 0.3) is 0 Å². The SMILES string of the molecule is c1cnn(CCC2CCCC2)c1. The van der Waals surface area contributed by atoms with Crippen molar-refractivity contribution in [2.24, 2.45) is 5.92 Å². The predicted octanol–water partition coefficient (Wildman–Crippen LogP) is 2.46. The van der Waals surface area contributed by atoms with E-state index in [2.05, 4.69) is 11.3 Å². The topological polar surface area (TPSA) is 17.8 Å². The van der Waals surface area contributed by atoms with Gasteiger partial charge in [0.05, 0.1) is 0 Å². The van der Waals surface area contributed by atoms with Crippen LogP contribution in [0.4, 0.5) is 0 Å². The van der Waals surface area contributed by atoms with Crippen molar-refractivity contribution in [2.75, 3.05) is 0 Å². The Morgan fingerprint density at radius 3 is 2.83 bits per heavy atom. The van der Waals surface area contributed by atoms with Gasteiger partial charge in [-0.2, -0.15) is 5.10 Å². The maximum absolute atomic E-state index is 4.19. The first-order valence-corrected chi connectivity index (χ1v) is 4.92. The van der Waals surface area contributed by atoms with Crippen LogP contribution in [0.1, 0.15) is 32.1 Å². The van der Waals surface area contributed by atoms with Crippen LogP contribution < -0.4 is 0 Å². The van der Waals surface area contributed by atoms with E-state index in [0.29, 0.717) is 0 Å². The Balaban J connectivity index is 1.74. The summed E-state index contributed by atoms with van der Waals surface area (Å²) in [5, 5.41) is 4.19. The average Bonchev–Trinajstić information content (AvgIpc) is 2.74. The standard InChI is InChI=1S/C10H16N2/c1-2-5-10(4-1)6-9-12-8-3-7-11-12/h3,7-8,10H,1-2,4-6,9H2. The van der Waals surface area contributed by atoms with Crippen LogP contribution in [0.15, 0.2) is 18.5 Å². The smallest absolute Gasteiger partial charge is 0.0489 e. The molecule has 1 heterocycles. The molecule has 2 rings (SSSR count). The van der Waals surface area contributed by atoms with Gasteiger partial charge in [0, 0.05) is 18.9 Å². The summed E-state index contributed by atoms with van der Waals surface area (Å²) in [5.41, 5.74) is 0. The third-order valence-corrected chi connectivity index (χ3v) is 2.80. The van der Waals surface area contributed by atoms with E-state index in [1.165, 1.54) is 32.1 Å². The molecule has 2 nitrogen and oxygen atoms in total. The van der Waals surface area contributed by atoms with Gasteiger partial charge in [-0.1, -0.05) is 25.7 Å². The molecule has 12 heavy (non-hydrogen) atoms. The van der Waals surface area contributed by atoms with Gasteiger partial charge >= 0.3 is 0 Å². The zero-order valence-corrected chi connectivity index (χ0v) is 7.45. The van der Waals surface area contributed by atoms with E-state index in [0.717, 1.165) is 12.5 Å². The van der Waals surface area contributed by atoms with Crippen molar-refractivity contribution >= 4 is 0 Å². The van der Waals surface area contributed by atoms with Crippen molar-refractivity contribution in [1.29, 1.82) is 0 Å². The molecule has 0 atom stereocenters. The normalized spacial score (nSPS) is 18.7. The molecule has 1 aliphatic carbocycles. The Morgan fingerprint density at radius 2 is 2.17 bits per heavy atom. The van der Waals surface area contributed by atoms with Crippen molar-refractivity contribution in [3.8, 4) is 0 Å². The van der Waals surface area contributed by atoms with Gasteiger partial charge in [0.15, 0.2) is 0 Å². The number of aryl methyl sites for hydroxylation is 1. The summed E-state index contributed by atoms with van der Waals surface area (Å²) >= 11 is 0. The van der Waals surface area contributed by atoms with Gasteiger partial charge in [0.1, 0.15) is 0 Å². The summed E-state index contributed by atoms with van der Waals surface area (Å²) in [6.07, 6.45) is 11.0.